The molecule has 2 amide bonds. The number of carboxylic acids is 2. The summed E-state index contributed by atoms with van der Waals surface area (Å²) in [5.74, 6) is -2.48. The van der Waals surface area contributed by atoms with Gasteiger partial charge in [-0.3, -0.25) is 9.59 Å². The first-order chi connectivity index (χ1) is 8.77. The number of carboxylic acid groups (broad SMARTS) is 2. The summed E-state index contributed by atoms with van der Waals surface area (Å²) >= 11 is 0. The molecule has 8 nitrogen and oxygen atoms in total. The maximum atomic E-state index is 11.8. The van der Waals surface area contributed by atoms with Gasteiger partial charge in [0.2, 0.25) is 0 Å². The minimum Gasteiger partial charge on any atom is -0.480 e. The highest BCUT2D eigenvalue weighted by atomic mass is 16.5. The molecule has 19 heavy (non-hydrogen) atoms. The van der Waals surface area contributed by atoms with Gasteiger partial charge in [0.05, 0.1) is 12.6 Å². The maximum Gasteiger partial charge on any atom is 0.323 e. The molecular formula is C11H20N2O6. The fraction of sp³-hybridized carbons (Fsp3) is 0.727. The number of aliphatic carboxylic acids is 2. The summed E-state index contributed by atoms with van der Waals surface area (Å²) in [5, 5.41) is 19.9. The van der Waals surface area contributed by atoms with E-state index in [1.165, 1.54) is 7.11 Å². The summed E-state index contributed by atoms with van der Waals surface area (Å²) in [6.45, 7) is 2.65. The number of methoxy groups -OCH3 is 1. The minimum absolute atomic E-state index is 0.0698. The Morgan fingerprint density at radius 2 is 1.63 bits per heavy atom. The zero-order chi connectivity index (χ0) is 15.0. The molecule has 8 heteroatoms. The van der Waals surface area contributed by atoms with Gasteiger partial charge in [0.25, 0.3) is 0 Å². The number of nitrogens with zero attached hydrogens (tertiary/aromatic N) is 1. The Labute approximate surface area is 111 Å². The number of nitrogens with one attached hydrogen (secondary N) is 1. The quantitative estimate of drug-likeness (QED) is 0.567. The predicted octanol–water partition coefficient (Wildman–Crippen LogP) is -0.162. The molecule has 0 spiro atoms. The molecule has 0 aliphatic carbocycles. The van der Waals surface area contributed by atoms with Gasteiger partial charge in [-0.05, 0) is 5.92 Å². The standard InChI is InChI=1S/C11H20N2O6/c1-7(2)8(6-19-3)12-11(18)13(4-9(14)15)5-10(16)17/h7-8H,4-6H2,1-3H3,(H,12,18)(H,14,15)(H,16,17). The second-order valence-electron chi connectivity index (χ2n) is 4.40. The number of ether oxygens (including phenoxy) is 1. The van der Waals surface area contributed by atoms with Crippen LogP contribution in [0.15, 0.2) is 0 Å². The zero-order valence-electron chi connectivity index (χ0n) is 11.3. The van der Waals surface area contributed by atoms with Crippen LogP contribution >= 0.6 is 0 Å². The highest BCUT2D eigenvalue weighted by Crippen LogP contribution is 2.03. The van der Waals surface area contributed by atoms with Gasteiger partial charge in [0.15, 0.2) is 0 Å². The Kier molecular flexibility index (Phi) is 7.50. The largest absolute Gasteiger partial charge is 0.480 e. The lowest BCUT2D eigenvalue weighted by Gasteiger charge is -2.26. The number of carbonyl (C=O) groups excluding carboxylic acids is 1. The highest BCUT2D eigenvalue weighted by molar-refractivity contribution is 5.84. The summed E-state index contributed by atoms with van der Waals surface area (Å²) in [6, 6.07) is -1.05. The van der Waals surface area contributed by atoms with Crippen LogP contribution in [0.5, 0.6) is 0 Å². The molecule has 0 saturated carbocycles. The van der Waals surface area contributed by atoms with Gasteiger partial charge in [0, 0.05) is 7.11 Å². The first kappa shape index (κ1) is 17.2. The molecule has 0 aliphatic rings. The first-order valence-corrected chi connectivity index (χ1v) is 5.75. The Morgan fingerprint density at radius 3 is 1.95 bits per heavy atom. The molecule has 1 atom stereocenters. The van der Waals surface area contributed by atoms with Gasteiger partial charge in [-0.15, -0.1) is 0 Å². The van der Waals surface area contributed by atoms with Crippen LogP contribution in [0.4, 0.5) is 4.79 Å². The molecule has 110 valence electrons. The average molecular weight is 276 g/mol. The molecule has 0 saturated heterocycles. The topological polar surface area (TPSA) is 116 Å². The molecule has 0 heterocycles. The second kappa shape index (κ2) is 8.30. The fourth-order valence-electron chi connectivity index (χ4n) is 1.36. The molecule has 0 aromatic heterocycles. The first-order valence-electron chi connectivity index (χ1n) is 5.75. The predicted molar refractivity (Wildman–Crippen MR) is 65.9 cm³/mol. The zero-order valence-corrected chi connectivity index (χ0v) is 11.3. The molecule has 3 N–H and O–H groups in total. The summed E-state index contributed by atoms with van der Waals surface area (Å²) in [6.07, 6.45) is 0. The van der Waals surface area contributed by atoms with Crippen molar-refractivity contribution in [2.45, 2.75) is 19.9 Å². The number of hydrogen-bond acceptors (Lipinski definition) is 4. The molecule has 0 aromatic carbocycles. The second-order valence-corrected chi connectivity index (χ2v) is 4.40. The average Bonchev–Trinajstić information content (AvgIpc) is 2.25. The third kappa shape index (κ3) is 7.24. The minimum atomic E-state index is -1.27. The van der Waals surface area contributed by atoms with Crippen molar-refractivity contribution in [1.82, 2.24) is 10.2 Å². The van der Waals surface area contributed by atoms with Crippen LogP contribution in [0.1, 0.15) is 13.8 Å². The highest BCUT2D eigenvalue weighted by Gasteiger charge is 2.23. The van der Waals surface area contributed by atoms with Crippen LogP contribution in [0.25, 0.3) is 0 Å². The van der Waals surface area contributed by atoms with E-state index in [0.717, 1.165) is 4.90 Å². The summed E-state index contributed by atoms with van der Waals surface area (Å²) in [7, 11) is 1.48. The molecule has 0 aliphatic heterocycles. The van der Waals surface area contributed by atoms with E-state index in [0.29, 0.717) is 0 Å². The van der Waals surface area contributed by atoms with Crippen LogP contribution < -0.4 is 5.32 Å². The third-order valence-corrected chi connectivity index (χ3v) is 2.40. The number of hydrogen-bond donors (Lipinski definition) is 3. The Morgan fingerprint density at radius 1 is 1.16 bits per heavy atom. The molecule has 0 bridgehead atoms. The molecular weight excluding hydrogens is 256 g/mol. The molecule has 0 rings (SSSR count). The van der Waals surface area contributed by atoms with E-state index in [1.807, 2.05) is 13.8 Å². The van der Waals surface area contributed by atoms with Gasteiger partial charge in [0.1, 0.15) is 13.1 Å². The number of carbonyl (C=O) groups is 3. The summed E-state index contributed by atoms with van der Waals surface area (Å²) < 4.78 is 4.94. The van der Waals surface area contributed by atoms with Gasteiger partial charge >= 0.3 is 18.0 Å². The monoisotopic (exact) mass is 276 g/mol. The smallest absolute Gasteiger partial charge is 0.323 e. The van der Waals surface area contributed by atoms with Gasteiger partial charge in [-0.25, -0.2) is 4.79 Å². The Balaban J connectivity index is 4.68. The lowest BCUT2D eigenvalue weighted by Crippen LogP contribution is -2.51. The number of urea groups is 1. The van der Waals surface area contributed by atoms with Crippen molar-refractivity contribution in [2.24, 2.45) is 5.92 Å². The molecule has 0 radical (unpaired) electrons. The van der Waals surface area contributed by atoms with E-state index in [2.05, 4.69) is 5.32 Å². The van der Waals surface area contributed by atoms with E-state index in [1.54, 1.807) is 0 Å². The fourth-order valence-corrected chi connectivity index (χ4v) is 1.36. The molecule has 0 fully saturated rings. The lowest BCUT2D eigenvalue weighted by atomic mass is 10.1. The maximum absolute atomic E-state index is 11.8. The van der Waals surface area contributed by atoms with Crippen molar-refractivity contribution >= 4 is 18.0 Å². The van der Waals surface area contributed by atoms with Crippen molar-refractivity contribution in [3.63, 3.8) is 0 Å². The Bertz CT molecular complexity index is 315. The van der Waals surface area contributed by atoms with Crippen LogP contribution in [-0.2, 0) is 14.3 Å². The van der Waals surface area contributed by atoms with E-state index < -0.39 is 31.1 Å². The SMILES string of the molecule is COCC(NC(=O)N(CC(=O)O)CC(=O)O)C(C)C. The van der Waals surface area contributed by atoms with Crippen molar-refractivity contribution in [1.29, 1.82) is 0 Å². The van der Waals surface area contributed by atoms with E-state index in [9.17, 15) is 14.4 Å². The van der Waals surface area contributed by atoms with E-state index >= 15 is 0 Å². The van der Waals surface area contributed by atoms with Crippen molar-refractivity contribution in [2.75, 3.05) is 26.8 Å². The van der Waals surface area contributed by atoms with Crippen LogP contribution in [0, 0.1) is 5.92 Å². The van der Waals surface area contributed by atoms with Gasteiger partial charge < -0.3 is 25.2 Å². The molecule has 1 unspecified atom stereocenters. The van der Waals surface area contributed by atoms with Crippen LogP contribution in [0.2, 0.25) is 0 Å². The van der Waals surface area contributed by atoms with Crippen molar-refractivity contribution in [3.05, 3.63) is 0 Å². The van der Waals surface area contributed by atoms with Gasteiger partial charge in [-0.2, -0.15) is 0 Å². The van der Waals surface area contributed by atoms with Crippen LogP contribution in [-0.4, -0.2) is 65.9 Å². The summed E-state index contributed by atoms with van der Waals surface area (Å²) in [4.78, 5) is 33.8. The van der Waals surface area contributed by atoms with E-state index in [-0.39, 0.29) is 18.6 Å². The number of rotatable bonds is 8. The van der Waals surface area contributed by atoms with Crippen molar-refractivity contribution in [3.8, 4) is 0 Å². The normalized spacial score (nSPS) is 12.0. The van der Waals surface area contributed by atoms with Gasteiger partial charge in [-0.1, -0.05) is 13.8 Å². The lowest BCUT2D eigenvalue weighted by molar-refractivity contribution is -0.140. The summed E-state index contributed by atoms with van der Waals surface area (Å²) in [5.41, 5.74) is 0. The van der Waals surface area contributed by atoms with E-state index in [4.69, 9.17) is 14.9 Å². The Hall–Kier alpha value is -1.83. The van der Waals surface area contributed by atoms with Crippen molar-refractivity contribution < 1.29 is 29.3 Å². The third-order valence-electron chi connectivity index (χ3n) is 2.40. The number of amides is 2. The molecule has 0 aromatic rings. The van der Waals surface area contributed by atoms with Crippen LogP contribution in [0.3, 0.4) is 0 Å².